The summed E-state index contributed by atoms with van der Waals surface area (Å²) in [7, 11) is 5.46. The van der Waals surface area contributed by atoms with Crippen LogP contribution in [0.1, 0.15) is 23.5 Å². The number of hydrogen-bond acceptors (Lipinski definition) is 7. The topological polar surface area (TPSA) is 96.9 Å². The lowest BCUT2D eigenvalue weighted by Gasteiger charge is -2.26. The molecule has 1 N–H and O–H groups in total. The molecule has 2 atom stereocenters. The minimum absolute atomic E-state index is 0.0553. The van der Waals surface area contributed by atoms with Crippen LogP contribution in [0.3, 0.4) is 0 Å². The number of hydrogen-bond donors (Lipinski definition) is 1. The van der Waals surface area contributed by atoms with E-state index in [0.717, 1.165) is 17.1 Å². The van der Waals surface area contributed by atoms with Gasteiger partial charge >= 0.3 is 0 Å². The molecule has 2 aromatic heterocycles. The SMILES string of the molecule is COc1cc([N+](=O)[O-])ccc1-c1ccc([C@@H]2[C@@H](c3ccccn3)NC(=S)N2c2ccc(N(C)C)cc2)o1. The first-order valence-corrected chi connectivity index (χ1v) is 12.0. The number of thiocarbonyl (C=S) groups is 1. The van der Waals surface area contributed by atoms with E-state index >= 15 is 0 Å². The summed E-state index contributed by atoms with van der Waals surface area (Å²) in [5.41, 5.74) is 3.38. The van der Waals surface area contributed by atoms with E-state index in [1.54, 1.807) is 12.3 Å². The van der Waals surface area contributed by atoms with E-state index in [-0.39, 0.29) is 17.8 Å². The third kappa shape index (κ3) is 4.58. The molecule has 37 heavy (non-hydrogen) atoms. The van der Waals surface area contributed by atoms with Gasteiger partial charge in [0.1, 0.15) is 23.3 Å². The summed E-state index contributed by atoms with van der Waals surface area (Å²) in [6.07, 6.45) is 1.75. The summed E-state index contributed by atoms with van der Waals surface area (Å²) in [6.45, 7) is 0. The predicted octanol–water partition coefficient (Wildman–Crippen LogP) is 5.50. The van der Waals surface area contributed by atoms with Crippen molar-refractivity contribution in [2.75, 3.05) is 31.0 Å². The molecule has 0 amide bonds. The Hall–Kier alpha value is -4.44. The molecule has 1 fully saturated rings. The molecule has 0 aliphatic carbocycles. The number of benzene rings is 2. The first kappa shape index (κ1) is 24.3. The molecule has 3 heterocycles. The van der Waals surface area contributed by atoms with Gasteiger partial charge in [0.05, 0.1) is 35.4 Å². The fraction of sp³-hybridized carbons (Fsp3) is 0.185. The molecule has 0 bridgehead atoms. The largest absolute Gasteiger partial charge is 0.496 e. The van der Waals surface area contributed by atoms with Crippen LogP contribution in [-0.2, 0) is 0 Å². The van der Waals surface area contributed by atoms with Crippen LogP contribution in [0.2, 0.25) is 0 Å². The number of nitro benzene ring substituents is 1. The maximum absolute atomic E-state index is 11.2. The number of methoxy groups -OCH3 is 1. The van der Waals surface area contributed by atoms with Gasteiger partial charge in [-0.05, 0) is 66.8 Å². The van der Waals surface area contributed by atoms with Crippen LogP contribution in [0.25, 0.3) is 11.3 Å². The van der Waals surface area contributed by atoms with E-state index in [2.05, 4.69) is 10.3 Å². The normalized spacial score (nSPS) is 16.9. The van der Waals surface area contributed by atoms with E-state index in [9.17, 15) is 10.1 Å². The van der Waals surface area contributed by atoms with Gasteiger partial charge < -0.3 is 24.3 Å². The van der Waals surface area contributed by atoms with Crippen molar-refractivity contribution in [3.05, 3.63) is 101 Å². The van der Waals surface area contributed by atoms with Gasteiger partial charge in [0, 0.05) is 37.7 Å². The zero-order valence-corrected chi connectivity index (χ0v) is 21.3. The fourth-order valence-corrected chi connectivity index (χ4v) is 4.83. The van der Waals surface area contributed by atoms with Gasteiger partial charge in [-0.15, -0.1) is 0 Å². The van der Waals surface area contributed by atoms with Crippen LogP contribution in [0.5, 0.6) is 5.75 Å². The highest BCUT2D eigenvalue weighted by atomic mass is 32.1. The van der Waals surface area contributed by atoms with E-state index in [0.29, 0.717) is 27.9 Å². The maximum atomic E-state index is 11.2. The molecular formula is C27H25N5O4S. The molecule has 10 heteroatoms. The van der Waals surface area contributed by atoms with Crippen LogP contribution in [0, 0.1) is 10.1 Å². The summed E-state index contributed by atoms with van der Waals surface area (Å²) in [4.78, 5) is 19.4. The molecule has 0 spiro atoms. The Morgan fingerprint density at radius 3 is 2.54 bits per heavy atom. The lowest BCUT2D eigenvalue weighted by molar-refractivity contribution is -0.384. The van der Waals surface area contributed by atoms with Crippen molar-refractivity contribution in [1.82, 2.24) is 10.3 Å². The van der Waals surface area contributed by atoms with Crippen molar-refractivity contribution in [1.29, 1.82) is 0 Å². The minimum Gasteiger partial charge on any atom is -0.496 e. The maximum Gasteiger partial charge on any atom is 0.273 e. The van der Waals surface area contributed by atoms with Crippen LogP contribution < -0.4 is 19.9 Å². The Balaban J connectivity index is 1.58. The molecule has 188 valence electrons. The predicted molar refractivity (Wildman–Crippen MR) is 146 cm³/mol. The summed E-state index contributed by atoms with van der Waals surface area (Å²) < 4.78 is 11.8. The van der Waals surface area contributed by atoms with Gasteiger partial charge in [0.15, 0.2) is 5.11 Å². The van der Waals surface area contributed by atoms with Gasteiger partial charge in [0.25, 0.3) is 5.69 Å². The standard InChI is InChI=1S/C27H25N5O4S/c1-30(2)17-7-9-18(10-8-17)31-26(25(29-27(31)37)21-6-4-5-15-28-21)23-14-13-22(36-23)20-12-11-19(32(33)34)16-24(20)35-3/h4-16,25-26H,1-3H3,(H,29,37)/t25-,26-/m1/s1. The third-order valence-corrected chi connectivity index (χ3v) is 6.64. The van der Waals surface area contributed by atoms with E-state index in [4.69, 9.17) is 21.4 Å². The molecule has 9 nitrogen and oxygen atoms in total. The highest BCUT2D eigenvalue weighted by molar-refractivity contribution is 7.80. The van der Waals surface area contributed by atoms with Crippen molar-refractivity contribution < 1.29 is 14.1 Å². The third-order valence-electron chi connectivity index (χ3n) is 6.32. The van der Waals surface area contributed by atoms with Crippen molar-refractivity contribution in [3.8, 4) is 17.1 Å². The highest BCUT2D eigenvalue weighted by Crippen LogP contribution is 2.44. The number of rotatable bonds is 7. The Kier molecular flexibility index (Phi) is 6.49. The summed E-state index contributed by atoms with van der Waals surface area (Å²) in [5, 5.41) is 15.2. The van der Waals surface area contributed by atoms with Gasteiger partial charge in [-0.25, -0.2) is 0 Å². The number of pyridine rings is 1. The zero-order chi connectivity index (χ0) is 26.1. The molecule has 0 unspecified atom stereocenters. The molecule has 5 rings (SSSR count). The second-order valence-corrected chi connectivity index (χ2v) is 9.14. The Morgan fingerprint density at radius 1 is 1.11 bits per heavy atom. The lowest BCUT2D eigenvalue weighted by Crippen LogP contribution is -2.29. The lowest BCUT2D eigenvalue weighted by atomic mass is 10.0. The van der Waals surface area contributed by atoms with Gasteiger partial charge in [-0.2, -0.15) is 0 Å². The van der Waals surface area contributed by atoms with Gasteiger partial charge in [-0.3, -0.25) is 15.1 Å². The first-order valence-electron chi connectivity index (χ1n) is 11.6. The average Bonchev–Trinajstić information content (AvgIpc) is 3.53. The van der Waals surface area contributed by atoms with Crippen molar-refractivity contribution >= 4 is 34.4 Å². The van der Waals surface area contributed by atoms with E-state index < -0.39 is 4.92 Å². The van der Waals surface area contributed by atoms with Gasteiger partial charge in [-0.1, -0.05) is 6.07 Å². The molecule has 1 saturated heterocycles. The Bertz CT molecular complexity index is 1440. The van der Waals surface area contributed by atoms with E-state index in [1.807, 2.05) is 78.5 Å². The molecule has 4 aromatic rings. The number of aromatic nitrogens is 1. The van der Waals surface area contributed by atoms with Crippen molar-refractivity contribution in [2.45, 2.75) is 12.1 Å². The number of non-ortho nitro benzene ring substituents is 1. The molecule has 0 radical (unpaired) electrons. The Labute approximate surface area is 219 Å². The van der Waals surface area contributed by atoms with Crippen molar-refractivity contribution in [3.63, 3.8) is 0 Å². The quantitative estimate of drug-likeness (QED) is 0.194. The number of anilines is 2. The monoisotopic (exact) mass is 515 g/mol. The number of nitrogens with zero attached hydrogens (tertiary/aromatic N) is 4. The van der Waals surface area contributed by atoms with Crippen LogP contribution in [-0.4, -0.2) is 36.2 Å². The van der Waals surface area contributed by atoms with E-state index in [1.165, 1.54) is 19.2 Å². The number of furan rings is 1. The van der Waals surface area contributed by atoms with Gasteiger partial charge in [0.2, 0.25) is 0 Å². The second-order valence-electron chi connectivity index (χ2n) is 8.75. The number of nitro groups is 1. The Morgan fingerprint density at radius 2 is 1.89 bits per heavy atom. The smallest absolute Gasteiger partial charge is 0.273 e. The summed E-state index contributed by atoms with van der Waals surface area (Å²) in [5.74, 6) is 1.55. The summed E-state index contributed by atoms with van der Waals surface area (Å²) in [6, 6.07) is 21.5. The number of nitrogens with one attached hydrogen (secondary N) is 1. The van der Waals surface area contributed by atoms with Crippen LogP contribution >= 0.6 is 12.2 Å². The fourth-order valence-electron chi connectivity index (χ4n) is 4.49. The molecule has 1 aliphatic heterocycles. The first-order chi connectivity index (χ1) is 17.9. The number of ether oxygens (including phenoxy) is 1. The summed E-state index contributed by atoms with van der Waals surface area (Å²) >= 11 is 5.79. The molecule has 1 aliphatic rings. The highest BCUT2D eigenvalue weighted by Gasteiger charge is 2.42. The molecule has 2 aromatic carbocycles. The minimum atomic E-state index is -0.456. The molecule has 0 saturated carbocycles. The molecular weight excluding hydrogens is 490 g/mol. The van der Waals surface area contributed by atoms with Crippen molar-refractivity contribution in [2.24, 2.45) is 0 Å². The van der Waals surface area contributed by atoms with Crippen LogP contribution in [0.15, 0.2) is 83.4 Å². The zero-order valence-electron chi connectivity index (χ0n) is 20.5. The second kappa shape index (κ2) is 9.90. The van der Waals surface area contributed by atoms with Crippen LogP contribution in [0.4, 0.5) is 17.1 Å². The average molecular weight is 516 g/mol.